The second kappa shape index (κ2) is 15.6. The summed E-state index contributed by atoms with van der Waals surface area (Å²) in [5, 5.41) is 10.5. The van der Waals surface area contributed by atoms with E-state index in [0.29, 0.717) is 17.7 Å². The Kier molecular flexibility index (Phi) is 13.6. The lowest BCUT2D eigenvalue weighted by molar-refractivity contribution is -0.173. The molecule has 0 bridgehead atoms. The summed E-state index contributed by atoms with van der Waals surface area (Å²) in [6.07, 6.45) is 1.98. The minimum Gasteiger partial charge on any atom is -0.479 e. The van der Waals surface area contributed by atoms with Crippen molar-refractivity contribution >= 4 is 23.6 Å². The fourth-order valence-electron chi connectivity index (χ4n) is 4.42. The molecule has 0 aromatic heterocycles. The van der Waals surface area contributed by atoms with Crippen molar-refractivity contribution in [3.63, 3.8) is 0 Å². The van der Waals surface area contributed by atoms with Gasteiger partial charge < -0.3 is 28.0 Å². The first-order valence-electron chi connectivity index (χ1n) is 13.1. The summed E-state index contributed by atoms with van der Waals surface area (Å²) in [6, 6.07) is 5.20. The molecule has 2 amide bonds. The molecule has 9 N–H and O–H groups in total. The second-order valence-electron chi connectivity index (χ2n) is 10.1. The fraction of sp³-hybridized carbons (Fsp3) is 0.630. The topological polar surface area (TPSA) is 196 Å². The number of amides is 2. The zero-order valence-electron chi connectivity index (χ0n) is 22.4. The van der Waals surface area contributed by atoms with Gasteiger partial charge in [-0.15, -0.1) is 0 Å². The van der Waals surface area contributed by atoms with Gasteiger partial charge in [-0.05, 0) is 56.6 Å². The van der Waals surface area contributed by atoms with Crippen LogP contribution in [0.1, 0.15) is 71.3 Å². The maximum absolute atomic E-state index is 13.8. The number of benzene rings is 1. The van der Waals surface area contributed by atoms with Gasteiger partial charge in [-0.2, -0.15) is 0 Å². The molecule has 1 aromatic carbocycles. The fourth-order valence-corrected chi connectivity index (χ4v) is 4.42. The molecule has 0 aliphatic carbocycles. The number of unbranched alkanes of at least 4 members (excludes halogenated alkanes) is 2. The first kappa shape index (κ1) is 32.4. The van der Waals surface area contributed by atoms with Crippen LogP contribution in [-0.4, -0.2) is 63.8 Å². The van der Waals surface area contributed by atoms with Crippen molar-refractivity contribution in [3.8, 4) is 0 Å². The molecule has 37 heavy (non-hydrogen) atoms. The van der Waals surface area contributed by atoms with E-state index in [-0.39, 0.29) is 44.6 Å². The number of hydrogen-bond acceptors (Lipinski definition) is 8. The van der Waals surface area contributed by atoms with Gasteiger partial charge in [0, 0.05) is 0 Å². The first-order valence-corrected chi connectivity index (χ1v) is 13.1. The third-order valence-corrected chi connectivity index (χ3v) is 6.44. The molecule has 0 heterocycles. The van der Waals surface area contributed by atoms with Gasteiger partial charge in [0.15, 0.2) is 5.78 Å². The summed E-state index contributed by atoms with van der Waals surface area (Å²) >= 11 is 0. The number of hydrogen-bond donors (Lipinski definition) is 5. The van der Waals surface area contributed by atoms with Crippen LogP contribution in [0, 0.1) is 5.92 Å². The van der Waals surface area contributed by atoms with E-state index in [1.165, 1.54) is 0 Å². The highest BCUT2D eigenvalue weighted by molar-refractivity contribution is 6.17. The van der Waals surface area contributed by atoms with Crippen LogP contribution in [-0.2, 0) is 25.6 Å². The van der Waals surface area contributed by atoms with Crippen molar-refractivity contribution in [1.82, 2.24) is 4.90 Å². The maximum atomic E-state index is 13.8. The second-order valence-corrected chi connectivity index (χ2v) is 10.1. The Morgan fingerprint density at radius 2 is 1.51 bits per heavy atom. The Labute approximate surface area is 220 Å². The quantitative estimate of drug-likeness (QED) is 0.149. The Morgan fingerprint density at radius 1 is 0.919 bits per heavy atom. The monoisotopic (exact) mass is 519 g/mol. The predicted octanol–water partition coefficient (Wildman–Crippen LogP) is 1.32. The number of ketones is 1. The van der Waals surface area contributed by atoms with Gasteiger partial charge in [0.2, 0.25) is 17.4 Å². The van der Waals surface area contributed by atoms with Gasteiger partial charge in [-0.25, -0.2) is 4.79 Å². The van der Waals surface area contributed by atoms with Crippen LogP contribution in [0.5, 0.6) is 0 Å². The van der Waals surface area contributed by atoms with E-state index in [4.69, 9.17) is 22.9 Å². The number of carboxylic acids is 1. The van der Waals surface area contributed by atoms with Crippen molar-refractivity contribution < 1.29 is 24.3 Å². The van der Waals surface area contributed by atoms with E-state index in [1.54, 1.807) is 30.3 Å². The maximum Gasteiger partial charge on any atom is 0.338 e. The number of carboxylic acid groups (broad SMARTS) is 1. The number of nitrogens with zero attached hydrogens (tertiary/aromatic N) is 1. The molecule has 4 unspecified atom stereocenters. The summed E-state index contributed by atoms with van der Waals surface area (Å²) in [5.74, 6) is -4.48. The molecular formula is C27H45N5O5. The standard InChI is InChI=1S/C27H45N5O5/c1-4-5-13-20(29)23(33)27(26(36)37,14-9-10-15-28)32(24(34)21(30)16-18(2)3)25(35)22(31)17-19-11-7-6-8-12-19/h6-8,11-12,18,20-22H,4-5,9-10,13-17,28-31H2,1-3H3,(H,36,37). The summed E-state index contributed by atoms with van der Waals surface area (Å²) in [7, 11) is 0. The van der Waals surface area contributed by atoms with Crippen molar-refractivity contribution in [2.75, 3.05) is 6.54 Å². The van der Waals surface area contributed by atoms with Crippen LogP contribution in [0.4, 0.5) is 0 Å². The predicted molar refractivity (Wildman–Crippen MR) is 143 cm³/mol. The van der Waals surface area contributed by atoms with Crippen LogP contribution in [0.3, 0.4) is 0 Å². The molecule has 0 spiro atoms. The minimum absolute atomic E-state index is 0.0205. The molecule has 0 fully saturated rings. The van der Waals surface area contributed by atoms with Gasteiger partial charge >= 0.3 is 5.97 Å². The van der Waals surface area contributed by atoms with Crippen LogP contribution in [0.2, 0.25) is 0 Å². The van der Waals surface area contributed by atoms with E-state index in [2.05, 4.69) is 0 Å². The van der Waals surface area contributed by atoms with Gasteiger partial charge in [-0.1, -0.05) is 63.9 Å². The van der Waals surface area contributed by atoms with Gasteiger partial charge in [-0.3, -0.25) is 19.3 Å². The molecule has 208 valence electrons. The molecule has 10 nitrogen and oxygen atoms in total. The summed E-state index contributed by atoms with van der Waals surface area (Å²) < 4.78 is 0. The SMILES string of the molecule is CCCCC(N)C(=O)C(CCCCN)(C(=O)O)N(C(=O)C(N)Cc1ccccc1)C(=O)C(N)CC(C)C. The normalized spacial score (nSPS) is 15.5. The van der Waals surface area contributed by atoms with E-state index in [0.717, 1.165) is 12.0 Å². The summed E-state index contributed by atoms with van der Waals surface area (Å²) in [4.78, 5) is 54.9. The van der Waals surface area contributed by atoms with E-state index < -0.39 is 47.2 Å². The lowest BCUT2D eigenvalue weighted by atomic mass is 9.80. The minimum atomic E-state index is -2.54. The van der Waals surface area contributed by atoms with Gasteiger partial charge in [0.05, 0.1) is 18.1 Å². The van der Waals surface area contributed by atoms with E-state index in [9.17, 15) is 24.3 Å². The Balaban J connectivity index is 3.69. The van der Waals surface area contributed by atoms with Crippen molar-refractivity contribution in [1.29, 1.82) is 0 Å². The van der Waals surface area contributed by atoms with Crippen LogP contribution >= 0.6 is 0 Å². The highest BCUT2D eigenvalue weighted by Gasteiger charge is 2.57. The van der Waals surface area contributed by atoms with Gasteiger partial charge in [0.25, 0.3) is 0 Å². The van der Waals surface area contributed by atoms with Crippen LogP contribution in [0.15, 0.2) is 30.3 Å². The number of carbonyl (C=O) groups is 4. The Morgan fingerprint density at radius 3 is 2.03 bits per heavy atom. The molecule has 0 radical (unpaired) electrons. The molecule has 1 rings (SSSR count). The average Bonchev–Trinajstić information content (AvgIpc) is 2.85. The molecule has 0 saturated carbocycles. The smallest absolute Gasteiger partial charge is 0.338 e. The Hall–Kier alpha value is -2.66. The largest absolute Gasteiger partial charge is 0.479 e. The molecule has 0 aliphatic rings. The highest BCUT2D eigenvalue weighted by atomic mass is 16.4. The number of nitrogens with two attached hydrogens (primary N) is 4. The molecule has 1 aromatic rings. The lowest BCUT2D eigenvalue weighted by Gasteiger charge is -2.41. The van der Waals surface area contributed by atoms with Crippen molar-refractivity contribution in [2.45, 2.75) is 95.8 Å². The third-order valence-electron chi connectivity index (χ3n) is 6.44. The molecule has 10 heteroatoms. The third kappa shape index (κ3) is 8.70. The highest BCUT2D eigenvalue weighted by Crippen LogP contribution is 2.30. The first-order chi connectivity index (χ1) is 17.4. The number of aliphatic carboxylic acids is 1. The van der Waals surface area contributed by atoms with Gasteiger partial charge in [0.1, 0.15) is 0 Å². The number of Topliss-reactive ketones (excluding diaryl/α,β-unsaturated/α-hetero) is 1. The zero-order chi connectivity index (χ0) is 28.2. The Bertz CT molecular complexity index is 894. The average molecular weight is 520 g/mol. The van der Waals surface area contributed by atoms with E-state index in [1.807, 2.05) is 20.8 Å². The molecular weight excluding hydrogens is 474 g/mol. The molecule has 0 saturated heterocycles. The summed E-state index contributed by atoms with van der Waals surface area (Å²) in [5.41, 5.74) is 22.4. The van der Waals surface area contributed by atoms with Crippen LogP contribution in [0.25, 0.3) is 0 Å². The van der Waals surface area contributed by atoms with Crippen LogP contribution < -0.4 is 22.9 Å². The number of imide groups is 1. The number of rotatable bonds is 17. The van der Waals surface area contributed by atoms with E-state index >= 15 is 0 Å². The van der Waals surface area contributed by atoms with Crippen molar-refractivity contribution in [3.05, 3.63) is 35.9 Å². The lowest BCUT2D eigenvalue weighted by Crippen LogP contribution is -2.71. The molecule has 4 atom stereocenters. The summed E-state index contributed by atoms with van der Waals surface area (Å²) in [6.45, 7) is 5.85. The number of carbonyl (C=O) groups excluding carboxylic acids is 3. The molecule has 0 aliphatic heterocycles. The van der Waals surface area contributed by atoms with Crippen molar-refractivity contribution in [2.24, 2.45) is 28.9 Å². The zero-order valence-corrected chi connectivity index (χ0v) is 22.4.